The number of carboxylic acid groups (broad SMARTS) is 1. The van der Waals surface area contributed by atoms with Crippen LogP contribution in [-0.2, 0) is 9.59 Å². The fourth-order valence-electron chi connectivity index (χ4n) is 4.81. The molecule has 6 rings (SSSR count). The number of carbonyl (C=O) groups excluding carboxylic acids is 1. The molecule has 2 aromatic carbocycles. The molecule has 2 N–H and O–H groups in total. The molecule has 0 spiro atoms. The molecule has 0 radical (unpaired) electrons. The van der Waals surface area contributed by atoms with Crippen LogP contribution < -0.4 is 66.5 Å². The number of aromatic nitrogens is 2. The number of amides is 1. The summed E-state index contributed by atoms with van der Waals surface area (Å²) in [6.07, 6.45) is 3.43. The van der Waals surface area contributed by atoms with Crippen molar-refractivity contribution < 1.29 is 67.5 Å². The Morgan fingerprint density at radius 3 is 1.48 bits per heavy atom. The van der Waals surface area contributed by atoms with E-state index < -0.39 is 9.34 Å². The molecule has 2 aromatic heterocycles. The molecule has 2 saturated heterocycles. The number of benzene rings is 2. The molecular formula is C39H40Cl5IKN8O3P. The Kier molecular flexibility index (Phi) is 27.7. The largest absolute Gasteiger partial charge is 1.00 e. The zero-order valence-electron chi connectivity index (χ0n) is 31.5. The average Bonchev–Trinajstić information content (AvgIpc) is 3.20. The summed E-state index contributed by atoms with van der Waals surface area (Å²) in [4.78, 5) is 43.7. The molecule has 11 nitrogen and oxygen atoms in total. The summed E-state index contributed by atoms with van der Waals surface area (Å²) >= 11 is 24.9. The summed E-state index contributed by atoms with van der Waals surface area (Å²) < 4.78 is -3.69. The SMILES string of the molecule is C.ClP(Cl)(Cl)(Cl)Cl.I.O=C(O)C#Cc1ccccc1.[C-]#[N+]c1cccnc1N1CCN(C(=O)C#Cc2ccccc2)CC1.[C-]#[N+]c1cccnc1N1CCNCC1.[H-].[K+]. The van der Waals surface area contributed by atoms with E-state index in [2.05, 4.69) is 47.6 Å². The Labute approximate surface area is 425 Å². The second-order valence-electron chi connectivity index (χ2n) is 11.1. The minimum atomic E-state index is -3.69. The van der Waals surface area contributed by atoms with Crippen molar-refractivity contribution in [1.29, 1.82) is 0 Å². The monoisotopic (exact) mass is 1040 g/mol. The number of rotatable bonds is 2. The third kappa shape index (κ3) is 23.4. The molecule has 0 aliphatic carbocycles. The first-order valence-electron chi connectivity index (χ1n) is 16.3. The van der Waals surface area contributed by atoms with E-state index in [4.69, 9.17) is 74.5 Å². The van der Waals surface area contributed by atoms with Gasteiger partial charge in [-0.15, -0.1) is 24.0 Å². The van der Waals surface area contributed by atoms with Crippen LogP contribution in [0.15, 0.2) is 97.3 Å². The molecule has 2 fully saturated rings. The van der Waals surface area contributed by atoms with Crippen LogP contribution in [0.25, 0.3) is 9.69 Å². The minimum absolute atomic E-state index is 0. The molecule has 1 amide bonds. The van der Waals surface area contributed by atoms with Gasteiger partial charge in [0.2, 0.25) is 11.4 Å². The summed E-state index contributed by atoms with van der Waals surface area (Å²) in [5.74, 6) is 10.4. The fourth-order valence-corrected chi connectivity index (χ4v) is 4.81. The molecule has 58 heavy (non-hydrogen) atoms. The minimum Gasteiger partial charge on any atom is -1.00 e. The Hall–Kier alpha value is -2.41. The van der Waals surface area contributed by atoms with E-state index in [-0.39, 0.29) is 90.1 Å². The van der Waals surface area contributed by atoms with E-state index in [1.807, 2.05) is 65.4 Å². The van der Waals surface area contributed by atoms with Gasteiger partial charge in [-0.25, -0.2) is 14.5 Å². The number of hydrogen-bond donors (Lipinski definition) is 2. The molecule has 0 saturated carbocycles. The molecule has 4 heterocycles. The molecular weight excluding hydrogens is 1000 g/mol. The van der Waals surface area contributed by atoms with Crippen molar-refractivity contribution in [3.8, 4) is 23.7 Å². The maximum Gasteiger partial charge on any atom is 1.00 e. The number of halogens is 6. The van der Waals surface area contributed by atoms with Crippen LogP contribution in [0, 0.1) is 36.8 Å². The number of pyridine rings is 2. The first kappa shape index (κ1) is 55.6. The van der Waals surface area contributed by atoms with Gasteiger partial charge in [-0.1, -0.05) is 79.9 Å². The van der Waals surface area contributed by atoms with Crippen molar-refractivity contribution in [2.45, 2.75) is 7.43 Å². The predicted octanol–water partition coefficient (Wildman–Crippen LogP) is 7.18. The molecule has 0 unspecified atom stereocenters. The number of anilines is 2. The normalized spacial score (nSPS) is 13.1. The van der Waals surface area contributed by atoms with Gasteiger partial charge in [-0.3, -0.25) is 14.8 Å². The first-order valence-corrected chi connectivity index (χ1v) is 23.1. The Morgan fingerprint density at radius 2 is 1.09 bits per heavy atom. The molecule has 19 heteroatoms. The molecule has 302 valence electrons. The van der Waals surface area contributed by atoms with E-state index in [9.17, 15) is 9.59 Å². The molecule has 4 aromatic rings. The number of aliphatic carboxylic acids is 1. The van der Waals surface area contributed by atoms with Crippen molar-refractivity contribution in [1.82, 2.24) is 20.2 Å². The van der Waals surface area contributed by atoms with E-state index in [1.54, 1.807) is 47.6 Å². The molecule has 2 aliphatic rings. The summed E-state index contributed by atoms with van der Waals surface area (Å²) in [5.41, 5.74) is 2.74. The van der Waals surface area contributed by atoms with Crippen LogP contribution in [-0.4, -0.2) is 84.2 Å². The fraction of sp³-hybridized carbons (Fsp3) is 0.231. The van der Waals surface area contributed by atoms with E-state index in [0.717, 1.165) is 43.1 Å². The molecule has 0 bridgehead atoms. The van der Waals surface area contributed by atoms with Crippen LogP contribution in [0.4, 0.5) is 23.0 Å². The van der Waals surface area contributed by atoms with Gasteiger partial charge in [0.1, 0.15) is 11.6 Å². The van der Waals surface area contributed by atoms with Gasteiger partial charge < -0.3 is 26.5 Å². The summed E-state index contributed by atoms with van der Waals surface area (Å²) in [7, 11) is 0. The maximum atomic E-state index is 12.2. The number of nitrogens with one attached hydrogen (secondary N) is 1. The number of hydrogen-bond acceptors (Lipinski definition) is 7. The van der Waals surface area contributed by atoms with Crippen LogP contribution in [0.1, 0.15) is 20.0 Å². The standard InChI is InChI=1S/C19H16N4O.C10H12N4.C9H6O2.CH4.Cl5P.HI.K.H/c1-20-17-8-5-11-21-19(17)23-14-12-22(13-15-23)18(24)10-9-16-6-3-2-4-7-16;1-11-9-3-2-4-13-10(9)14-7-5-12-6-8-14;10-9(11)7-6-8-4-2-1-3-5-8;;1-6(2,3,4)5;;;/h2-8,11H,12-15H2;2-4,12H,5-8H2;1-5H,(H,10,11);1H4;;1H;;/q;;;;;;+1;-1. The first-order chi connectivity index (χ1) is 26.2. The number of piperazine rings is 2. The summed E-state index contributed by atoms with van der Waals surface area (Å²) in [6.45, 7) is 20.5. The predicted molar refractivity (Wildman–Crippen MR) is 249 cm³/mol. The third-order valence-corrected chi connectivity index (χ3v) is 7.23. The van der Waals surface area contributed by atoms with Crippen molar-refractivity contribution in [2.75, 3.05) is 62.2 Å². The van der Waals surface area contributed by atoms with E-state index in [1.165, 1.54) is 0 Å². The Bertz CT molecular complexity index is 2090. The van der Waals surface area contributed by atoms with Crippen molar-refractivity contribution in [3.05, 3.63) is 131 Å². The van der Waals surface area contributed by atoms with Crippen LogP contribution in [0.2, 0.25) is 0 Å². The maximum absolute atomic E-state index is 12.2. The van der Waals surface area contributed by atoms with Crippen LogP contribution in [0.5, 0.6) is 0 Å². The van der Waals surface area contributed by atoms with Crippen molar-refractivity contribution in [3.63, 3.8) is 0 Å². The third-order valence-electron chi connectivity index (χ3n) is 7.23. The summed E-state index contributed by atoms with van der Waals surface area (Å²) in [5, 5.41) is 11.5. The molecule has 0 atom stereocenters. The van der Waals surface area contributed by atoms with E-state index >= 15 is 0 Å². The van der Waals surface area contributed by atoms with Gasteiger partial charge in [0, 0.05) is 87.7 Å². The Balaban J connectivity index is 0. The van der Waals surface area contributed by atoms with E-state index in [0.29, 0.717) is 43.4 Å². The number of carboxylic acids is 1. The summed E-state index contributed by atoms with van der Waals surface area (Å²) in [6, 6.07) is 25.6. The smallest absolute Gasteiger partial charge is 1.00 e. The van der Waals surface area contributed by atoms with Gasteiger partial charge in [0.25, 0.3) is 5.91 Å². The van der Waals surface area contributed by atoms with Gasteiger partial charge in [-0.05, 0) is 24.3 Å². The second kappa shape index (κ2) is 28.9. The quantitative estimate of drug-likeness (QED) is 0.0716. The van der Waals surface area contributed by atoms with Crippen LogP contribution in [0.3, 0.4) is 0 Å². The van der Waals surface area contributed by atoms with Crippen molar-refractivity contribution >= 4 is 118 Å². The molecule has 2 aliphatic heterocycles. The number of nitrogens with zero attached hydrogens (tertiary/aromatic N) is 7. The van der Waals surface area contributed by atoms with Gasteiger partial charge in [-0.2, -0.15) is 0 Å². The Morgan fingerprint density at radius 1 is 0.690 bits per heavy atom. The van der Waals surface area contributed by atoms with Crippen molar-refractivity contribution in [2.24, 2.45) is 0 Å². The van der Waals surface area contributed by atoms with Gasteiger partial charge in [0.05, 0.1) is 13.1 Å². The van der Waals surface area contributed by atoms with Gasteiger partial charge in [0.15, 0.2) is 0 Å². The van der Waals surface area contributed by atoms with Crippen LogP contribution >= 0.6 is 83.5 Å². The zero-order chi connectivity index (χ0) is 40.1. The average molecular weight is 1040 g/mol. The van der Waals surface area contributed by atoms with Gasteiger partial charge >= 0.3 is 117 Å². The number of carbonyl (C=O) groups is 2. The zero-order valence-corrected chi connectivity index (χ0v) is 40.7. The topological polar surface area (TPSA) is 111 Å². The second-order valence-corrected chi connectivity index (χ2v) is 27.7.